The minimum absolute atomic E-state index is 0.588. The zero-order valence-electron chi connectivity index (χ0n) is 7.30. The van der Waals surface area contributed by atoms with E-state index in [-0.39, 0.29) is 0 Å². The number of aromatic amines is 1. The summed E-state index contributed by atoms with van der Waals surface area (Å²) in [4.78, 5) is 3.23. The maximum absolute atomic E-state index is 6.01. The number of benzene rings is 1. The Morgan fingerprint density at radius 2 is 2.31 bits per heavy atom. The largest absolute Gasteiger partial charge is 0.378 e. The van der Waals surface area contributed by atoms with Crippen LogP contribution in [0.4, 0.5) is 0 Å². The van der Waals surface area contributed by atoms with E-state index in [1.807, 2.05) is 24.3 Å². The molecule has 0 spiro atoms. The second-order valence-corrected chi connectivity index (χ2v) is 3.34. The third-order valence-corrected chi connectivity index (χ3v) is 2.30. The van der Waals surface area contributed by atoms with Crippen molar-refractivity contribution in [2.24, 2.45) is 0 Å². The number of hydrogen-bond acceptors (Lipinski definition) is 1. The molecule has 1 N–H and O–H groups in total. The normalized spacial score (nSPS) is 10.9. The SMILES string of the molecule is COCc1cc2c(Cl)cccc2[nH]1. The van der Waals surface area contributed by atoms with Gasteiger partial charge in [0.15, 0.2) is 0 Å². The van der Waals surface area contributed by atoms with Gasteiger partial charge in [-0.05, 0) is 18.2 Å². The van der Waals surface area contributed by atoms with Crippen LogP contribution in [0.3, 0.4) is 0 Å². The van der Waals surface area contributed by atoms with Gasteiger partial charge in [0.1, 0.15) is 0 Å². The van der Waals surface area contributed by atoms with Gasteiger partial charge in [0.05, 0.1) is 6.61 Å². The van der Waals surface area contributed by atoms with Crippen molar-refractivity contribution in [1.29, 1.82) is 0 Å². The summed E-state index contributed by atoms with van der Waals surface area (Å²) in [6.45, 7) is 0.588. The molecule has 2 aromatic rings. The van der Waals surface area contributed by atoms with Crippen molar-refractivity contribution in [3.05, 3.63) is 35.0 Å². The van der Waals surface area contributed by atoms with Crippen LogP contribution in [-0.2, 0) is 11.3 Å². The van der Waals surface area contributed by atoms with E-state index in [2.05, 4.69) is 4.98 Å². The minimum Gasteiger partial charge on any atom is -0.378 e. The highest BCUT2D eigenvalue weighted by molar-refractivity contribution is 6.35. The summed E-state index contributed by atoms with van der Waals surface area (Å²) in [6, 6.07) is 7.83. The van der Waals surface area contributed by atoms with Crippen molar-refractivity contribution in [2.45, 2.75) is 6.61 Å². The van der Waals surface area contributed by atoms with Crippen molar-refractivity contribution < 1.29 is 4.74 Å². The first-order valence-corrected chi connectivity index (χ1v) is 4.44. The highest BCUT2D eigenvalue weighted by atomic mass is 35.5. The summed E-state index contributed by atoms with van der Waals surface area (Å²) in [5, 5.41) is 1.83. The Balaban J connectivity index is 2.55. The molecule has 0 amide bonds. The molecule has 0 aliphatic rings. The molecule has 0 fully saturated rings. The molecule has 0 aliphatic heterocycles. The van der Waals surface area contributed by atoms with Crippen molar-refractivity contribution in [2.75, 3.05) is 7.11 Å². The fraction of sp³-hybridized carbons (Fsp3) is 0.200. The molecule has 1 aromatic carbocycles. The average molecular weight is 196 g/mol. The van der Waals surface area contributed by atoms with E-state index in [4.69, 9.17) is 16.3 Å². The lowest BCUT2D eigenvalue weighted by Gasteiger charge is -1.91. The molecule has 1 aromatic heterocycles. The number of rotatable bonds is 2. The molecule has 0 unspecified atom stereocenters. The summed E-state index contributed by atoms with van der Waals surface area (Å²) >= 11 is 6.01. The van der Waals surface area contributed by atoms with Gasteiger partial charge in [0, 0.05) is 28.7 Å². The molecular weight excluding hydrogens is 186 g/mol. The first-order chi connectivity index (χ1) is 6.31. The monoisotopic (exact) mass is 195 g/mol. The number of aromatic nitrogens is 1. The van der Waals surface area contributed by atoms with E-state index in [0.717, 1.165) is 21.6 Å². The van der Waals surface area contributed by atoms with Gasteiger partial charge in [-0.25, -0.2) is 0 Å². The maximum Gasteiger partial charge on any atom is 0.0862 e. The zero-order chi connectivity index (χ0) is 9.26. The van der Waals surface area contributed by atoms with E-state index < -0.39 is 0 Å². The van der Waals surface area contributed by atoms with Crippen molar-refractivity contribution in [1.82, 2.24) is 4.98 Å². The summed E-state index contributed by atoms with van der Waals surface area (Å²) in [6.07, 6.45) is 0. The number of ether oxygens (including phenoxy) is 1. The smallest absolute Gasteiger partial charge is 0.0862 e. The lowest BCUT2D eigenvalue weighted by Crippen LogP contribution is -1.85. The Morgan fingerprint density at radius 1 is 1.46 bits per heavy atom. The number of methoxy groups -OCH3 is 1. The Hall–Kier alpha value is -0.990. The molecule has 0 aliphatic carbocycles. The van der Waals surface area contributed by atoms with Gasteiger partial charge in [0.2, 0.25) is 0 Å². The Labute approximate surface area is 81.5 Å². The number of hydrogen-bond donors (Lipinski definition) is 1. The third-order valence-electron chi connectivity index (χ3n) is 1.97. The van der Waals surface area contributed by atoms with Crippen LogP contribution in [0.5, 0.6) is 0 Å². The van der Waals surface area contributed by atoms with Crippen LogP contribution in [0.25, 0.3) is 10.9 Å². The van der Waals surface area contributed by atoms with Crippen LogP contribution >= 0.6 is 11.6 Å². The molecule has 0 atom stereocenters. The minimum atomic E-state index is 0.588. The van der Waals surface area contributed by atoms with E-state index in [9.17, 15) is 0 Å². The Bertz CT molecular complexity index is 422. The predicted molar refractivity (Wildman–Crippen MR) is 54.0 cm³/mol. The first-order valence-electron chi connectivity index (χ1n) is 4.06. The van der Waals surface area contributed by atoms with Crippen LogP contribution in [0.1, 0.15) is 5.69 Å². The second kappa shape index (κ2) is 3.40. The van der Waals surface area contributed by atoms with Gasteiger partial charge in [-0.1, -0.05) is 17.7 Å². The molecule has 0 bridgehead atoms. The van der Waals surface area contributed by atoms with Gasteiger partial charge >= 0.3 is 0 Å². The molecule has 0 saturated carbocycles. The van der Waals surface area contributed by atoms with Crippen LogP contribution in [0.15, 0.2) is 24.3 Å². The quantitative estimate of drug-likeness (QED) is 0.783. The summed E-state index contributed by atoms with van der Waals surface area (Å²) < 4.78 is 5.02. The summed E-state index contributed by atoms with van der Waals surface area (Å²) in [7, 11) is 1.67. The molecule has 3 heteroatoms. The summed E-state index contributed by atoms with van der Waals surface area (Å²) in [5.41, 5.74) is 2.10. The average Bonchev–Trinajstić information content (AvgIpc) is 2.49. The molecule has 68 valence electrons. The number of fused-ring (bicyclic) bond motifs is 1. The van der Waals surface area contributed by atoms with Gasteiger partial charge < -0.3 is 9.72 Å². The van der Waals surface area contributed by atoms with Crippen molar-refractivity contribution in [3.8, 4) is 0 Å². The van der Waals surface area contributed by atoms with Gasteiger partial charge in [0.25, 0.3) is 0 Å². The molecule has 0 saturated heterocycles. The maximum atomic E-state index is 6.01. The fourth-order valence-corrected chi connectivity index (χ4v) is 1.64. The van der Waals surface area contributed by atoms with Crippen LogP contribution in [0, 0.1) is 0 Å². The molecule has 2 rings (SSSR count). The molecular formula is C10H10ClNO. The predicted octanol–water partition coefficient (Wildman–Crippen LogP) is 2.97. The first kappa shape index (κ1) is 8.60. The van der Waals surface area contributed by atoms with Gasteiger partial charge in [-0.2, -0.15) is 0 Å². The topological polar surface area (TPSA) is 25.0 Å². The lowest BCUT2D eigenvalue weighted by atomic mass is 10.2. The van der Waals surface area contributed by atoms with Crippen molar-refractivity contribution >= 4 is 22.5 Å². The molecule has 2 nitrogen and oxygen atoms in total. The van der Waals surface area contributed by atoms with E-state index in [1.54, 1.807) is 7.11 Å². The fourth-order valence-electron chi connectivity index (χ4n) is 1.41. The third kappa shape index (κ3) is 1.55. The lowest BCUT2D eigenvalue weighted by molar-refractivity contribution is 0.182. The van der Waals surface area contributed by atoms with E-state index >= 15 is 0 Å². The Kier molecular flexibility index (Phi) is 2.25. The van der Waals surface area contributed by atoms with E-state index in [1.165, 1.54) is 0 Å². The second-order valence-electron chi connectivity index (χ2n) is 2.93. The molecule has 0 radical (unpaired) electrons. The molecule has 13 heavy (non-hydrogen) atoms. The van der Waals surface area contributed by atoms with Crippen LogP contribution in [0.2, 0.25) is 5.02 Å². The number of nitrogens with one attached hydrogen (secondary N) is 1. The standard InChI is InChI=1S/C10H10ClNO/c1-13-6-7-5-8-9(11)3-2-4-10(8)12-7/h2-5,12H,6H2,1H3. The highest BCUT2D eigenvalue weighted by Crippen LogP contribution is 2.23. The van der Waals surface area contributed by atoms with Crippen LogP contribution < -0.4 is 0 Å². The van der Waals surface area contributed by atoms with E-state index in [0.29, 0.717) is 6.61 Å². The highest BCUT2D eigenvalue weighted by Gasteiger charge is 2.02. The van der Waals surface area contributed by atoms with Crippen LogP contribution in [-0.4, -0.2) is 12.1 Å². The van der Waals surface area contributed by atoms with Gasteiger partial charge in [-0.3, -0.25) is 0 Å². The zero-order valence-corrected chi connectivity index (χ0v) is 8.06. The Morgan fingerprint density at radius 3 is 3.00 bits per heavy atom. The number of H-pyrrole nitrogens is 1. The van der Waals surface area contributed by atoms with Crippen molar-refractivity contribution in [3.63, 3.8) is 0 Å². The summed E-state index contributed by atoms with van der Waals surface area (Å²) in [5.74, 6) is 0. The number of halogens is 1. The molecule has 1 heterocycles. The van der Waals surface area contributed by atoms with Gasteiger partial charge in [-0.15, -0.1) is 0 Å².